The van der Waals surface area contributed by atoms with Crippen molar-refractivity contribution in [2.45, 2.75) is 26.3 Å². The molecule has 0 aliphatic carbocycles. The Hall–Kier alpha value is -1.85. The van der Waals surface area contributed by atoms with Crippen LogP contribution >= 0.6 is 0 Å². The quantitative estimate of drug-likeness (QED) is 0.822. The Kier molecular flexibility index (Phi) is 3.36. The van der Waals surface area contributed by atoms with E-state index < -0.39 is 5.54 Å². The molecule has 1 saturated heterocycles. The molecule has 0 bridgehead atoms. The van der Waals surface area contributed by atoms with Crippen LogP contribution in [-0.4, -0.2) is 41.0 Å². The van der Waals surface area contributed by atoms with E-state index in [1.165, 1.54) is 6.33 Å². The van der Waals surface area contributed by atoms with Crippen LogP contribution in [0.15, 0.2) is 12.4 Å². The average Bonchev–Trinajstić information content (AvgIpc) is 2.33. The van der Waals surface area contributed by atoms with Crippen molar-refractivity contribution in [3.8, 4) is 0 Å². The highest BCUT2D eigenvalue weighted by molar-refractivity contribution is 5.90. The van der Waals surface area contributed by atoms with Gasteiger partial charge >= 0.3 is 0 Å². The first kappa shape index (κ1) is 12.6. The number of amides is 1. The molecule has 2 heterocycles. The first-order valence-corrected chi connectivity index (χ1v) is 6.17. The number of aromatic nitrogens is 2. The van der Waals surface area contributed by atoms with Crippen LogP contribution in [-0.2, 0) is 4.79 Å². The molecule has 0 saturated carbocycles. The van der Waals surface area contributed by atoms with Gasteiger partial charge in [-0.15, -0.1) is 0 Å². The summed E-state index contributed by atoms with van der Waals surface area (Å²) < 4.78 is 0. The lowest BCUT2D eigenvalue weighted by Crippen LogP contribution is -2.62. The van der Waals surface area contributed by atoms with E-state index in [1.807, 2.05) is 31.7 Å². The minimum Gasteiger partial charge on any atom is -0.370 e. The first-order valence-electron chi connectivity index (χ1n) is 6.17. The zero-order valence-electron chi connectivity index (χ0n) is 11.0. The molecular formula is C12H19N5O. The number of piperazine rings is 1. The van der Waals surface area contributed by atoms with Gasteiger partial charge in [0, 0.05) is 25.7 Å². The number of hydrogen-bond acceptors (Lipinski definition) is 5. The van der Waals surface area contributed by atoms with Gasteiger partial charge in [-0.3, -0.25) is 4.79 Å². The molecule has 1 aliphatic heterocycles. The van der Waals surface area contributed by atoms with Gasteiger partial charge in [0.1, 0.15) is 23.5 Å². The third kappa shape index (κ3) is 2.23. The topological polar surface area (TPSA) is 70.2 Å². The highest BCUT2D eigenvalue weighted by Crippen LogP contribution is 2.25. The van der Waals surface area contributed by atoms with Gasteiger partial charge in [-0.2, -0.15) is 0 Å². The predicted molar refractivity (Wildman–Crippen MR) is 70.6 cm³/mol. The van der Waals surface area contributed by atoms with Crippen molar-refractivity contribution in [1.82, 2.24) is 15.3 Å². The van der Waals surface area contributed by atoms with Gasteiger partial charge in [0.15, 0.2) is 0 Å². The maximum atomic E-state index is 11.9. The van der Waals surface area contributed by atoms with E-state index in [9.17, 15) is 4.79 Å². The van der Waals surface area contributed by atoms with Crippen molar-refractivity contribution in [1.29, 1.82) is 0 Å². The van der Waals surface area contributed by atoms with Gasteiger partial charge in [-0.1, -0.05) is 0 Å². The molecule has 2 rings (SSSR count). The summed E-state index contributed by atoms with van der Waals surface area (Å²) in [6.07, 6.45) is 1.52. The minimum atomic E-state index is -0.587. The van der Waals surface area contributed by atoms with Gasteiger partial charge in [0.25, 0.3) is 0 Å². The van der Waals surface area contributed by atoms with Crippen LogP contribution in [0.1, 0.15) is 20.8 Å². The molecule has 1 fully saturated rings. The van der Waals surface area contributed by atoms with Crippen molar-refractivity contribution in [3.63, 3.8) is 0 Å². The highest BCUT2D eigenvalue weighted by atomic mass is 16.2. The molecule has 0 unspecified atom stereocenters. The predicted octanol–water partition coefficient (Wildman–Crippen LogP) is 0.623. The Bertz CT molecular complexity index is 446. The number of carbonyl (C=O) groups is 1. The molecule has 1 amide bonds. The third-order valence-corrected chi connectivity index (χ3v) is 3.14. The van der Waals surface area contributed by atoms with E-state index in [0.717, 1.165) is 24.7 Å². The lowest BCUT2D eigenvalue weighted by atomic mass is 9.99. The van der Waals surface area contributed by atoms with Crippen molar-refractivity contribution in [2.75, 3.05) is 29.9 Å². The molecule has 6 nitrogen and oxygen atoms in total. The van der Waals surface area contributed by atoms with Crippen LogP contribution in [0.2, 0.25) is 0 Å². The second-order valence-corrected chi connectivity index (χ2v) is 4.76. The van der Waals surface area contributed by atoms with Gasteiger partial charge in [0.05, 0.1) is 0 Å². The molecule has 1 aromatic rings. The Balaban J connectivity index is 2.29. The maximum absolute atomic E-state index is 11.9. The monoisotopic (exact) mass is 249 g/mol. The van der Waals surface area contributed by atoms with Crippen molar-refractivity contribution < 1.29 is 4.79 Å². The molecular weight excluding hydrogens is 230 g/mol. The van der Waals surface area contributed by atoms with E-state index in [1.54, 1.807) is 0 Å². The molecule has 98 valence electrons. The summed E-state index contributed by atoms with van der Waals surface area (Å²) in [4.78, 5) is 22.3. The fraction of sp³-hybridized carbons (Fsp3) is 0.583. The molecule has 2 N–H and O–H groups in total. The molecule has 0 aromatic carbocycles. The van der Waals surface area contributed by atoms with Gasteiger partial charge in [-0.25, -0.2) is 9.97 Å². The van der Waals surface area contributed by atoms with E-state index in [2.05, 4.69) is 20.6 Å². The fourth-order valence-corrected chi connectivity index (χ4v) is 2.07. The average molecular weight is 249 g/mol. The molecule has 1 aromatic heterocycles. The Labute approximate surface area is 107 Å². The number of rotatable bonds is 3. The van der Waals surface area contributed by atoms with Crippen LogP contribution in [0.3, 0.4) is 0 Å². The van der Waals surface area contributed by atoms with Crippen LogP contribution in [0.5, 0.6) is 0 Å². The Morgan fingerprint density at radius 2 is 2.28 bits per heavy atom. The summed E-state index contributed by atoms with van der Waals surface area (Å²) in [6, 6.07) is 1.88. The summed E-state index contributed by atoms with van der Waals surface area (Å²) in [5.74, 6) is 1.59. The van der Waals surface area contributed by atoms with Crippen molar-refractivity contribution >= 4 is 17.5 Å². The zero-order valence-corrected chi connectivity index (χ0v) is 11.0. The normalized spacial score (nSPS) is 18.4. The number of nitrogens with zero attached hydrogens (tertiary/aromatic N) is 3. The zero-order chi connectivity index (χ0) is 13.2. The number of anilines is 2. The summed E-state index contributed by atoms with van der Waals surface area (Å²) in [6.45, 7) is 8.01. The maximum Gasteiger partial charge on any atom is 0.245 e. The van der Waals surface area contributed by atoms with E-state index >= 15 is 0 Å². The molecule has 6 heteroatoms. The highest BCUT2D eigenvalue weighted by Gasteiger charge is 2.38. The smallest absolute Gasteiger partial charge is 0.245 e. The molecule has 1 aliphatic rings. The second kappa shape index (κ2) is 4.80. The minimum absolute atomic E-state index is 0.0253. The van der Waals surface area contributed by atoms with Crippen molar-refractivity contribution in [2.24, 2.45) is 0 Å². The Morgan fingerprint density at radius 1 is 1.50 bits per heavy atom. The third-order valence-electron chi connectivity index (χ3n) is 3.14. The Morgan fingerprint density at radius 3 is 3.00 bits per heavy atom. The molecule has 0 radical (unpaired) electrons. The van der Waals surface area contributed by atoms with E-state index in [-0.39, 0.29) is 5.91 Å². The summed E-state index contributed by atoms with van der Waals surface area (Å²) in [5, 5.41) is 6.02. The fourth-order valence-electron chi connectivity index (χ4n) is 2.07. The molecule has 0 spiro atoms. The van der Waals surface area contributed by atoms with Crippen LogP contribution in [0, 0.1) is 0 Å². The number of hydrogen-bond donors (Lipinski definition) is 2. The summed E-state index contributed by atoms with van der Waals surface area (Å²) in [5.41, 5.74) is -0.587. The van der Waals surface area contributed by atoms with Crippen LogP contribution in [0.25, 0.3) is 0 Å². The number of nitrogens with one attached hydrogen (secondary N) is 2. The van der Waals surface area contributed by atoms with E-state index in [4.69, 9.17) is 0 Å². The summed E-state index contributed by atoms with van der Waals surface area (Å²) >= 11 is 0. The molecule has 0 atom stereocenters. The second-order valence-electron chi connectivity index (χ2n) is 4.76. The van der Waals surface area contributed by atoms with Crippen LogP contribution in [0.4, 0.5) is 11.6 Å². The van der Waals surface area contributed by atoms with Gasteiger partial charge in [-0.05, 0) is 20.8 Å². The lowest BCUT2D eigenvalue weighted by molar-refractivity contribution is -0.126. The van der Waals surface area contributed by atoms with Gasteiger partial charge < -0.3 is 15.5 Å². The van der Waals surface area contributed by atoms with Crippen LogP contribution < -0.4 is 15.5 Å². The van der Waals surface area contributed by atoms with Gasteiger partial charge in [0.2, 0.25) is 5.91 Å². The standard InChI is InChI=1S/C12H19N5O/c1-4-13-9-7-10(16-8-15-9)17-6-5-14-11(18)12(17,2)3/h7-8H,4-6H2,1-3H3,(H,14,18)(H,13,15,16). The molecule has 18 heavy (non-hydrogen) atoms. The lowest BCUT2D eigenvalue weighted by Gasteiger charge is -2.41. The first-order chi connectivity index (χ1) is 8.55. The number of carbonyl (C=O) groups excluding carboxylic acids is 1. The summed E-state index contributed by atoms with van der Waals surface area (Å²) in [7, 11) is 0. The van der Waals surface area contributed by atoms with E-state index in [0.29, 0.717) is 6.54 Å². The van der Waals surface area contributed by atoms with Crippen molar-refractivity contribution in [3.05, 3.63) is 12.4 Å². The SMILES string of the molecule is CCNc1cc(N2CCNC(=O)C2(C)C)ncn1. The largest absolute Gasteiger partial charge is 0.370 e.